The minimum absolute atomic E-state index is 0.0157. The van der Waals surface area contributed by atoms with Crippen LogP contribution in [0.15, 0.2) is 30.3 Å². The van der Waals surface area contributed by atoms with Crippen molar-refractivity contribution in [3.8, 4) is 5.69 Å². The van der Waals surface area contributed by atoms with Gasteiger partial charge in [0.25, 0.3) is 0 Å². The fourth-order valence-corrected chi connectivity index (χ4v) is 2.35. The van der Waals surface area contributed by atoms with E-state index in [1.165, 1.54) is 4.90 Å². The molecule has 0 saturated carbocycles. The molecule has 0 radical (unpaired) electrons. The van der Waals surface area contributed by atoms with Crippen LogP contribution in [-0.2, 0) is 9.59 Å². The van der Waals surface area contributed by atoms with Gasteiger partial charge in [-0.2, -0.15) is 5.10 Å². The van der Waals surface area contributed by atoms with Crippen molar-refractivity contribution in [2.45, 2.75) is 20.3 Å². The van der Waals surface area contributed by atoms with Crippen LogP contribution >= 0.6 is 0 Å². The van der Waals surface area contributed by atoms with Crippen molar-refractivity contribution in [1.29, 1.82) is 0 Å². The second kappa shape index (κ2) is 4.59. The first-order valence-corrected chi connectivity index (χ1v) is 6.50. The molecule has 20 heavy (non-hydrogen) atoms. The number of Topliss-reactive ketones (excluding diaryl/α,β-unsaturated/α-hetero) is 1. The summed E-state index contributed by atoms with van der Waals surface area (Å²) in [6.07, 6.45) is -0.0157. The van der Waals surface area contributed by atoms with Gasteiger partial charge in [0.05, 0.1) is 24.3 Å². The van der Waals surface area contributed by atoms with Crippen molar-refractivity contribution in [3.63, 3.8) is 0 Å². The fourth-order valence-electron chi connectivity index (χ4n) is 2.35. The Morgan fingerprint density at radius 3 is 2.40 bits per heavy atom. The van der Waals surface area contributed by atoms with E-state index < -0.39 is 0 Å². The molecule has 5 heteroatoms. The third kappa shape index (κ3) is 2.11. The molecule has 1 aliphatic heterocycles. The van der Waals surface area contributed by atoms with E-state index in [1.54, 1.807) is 4.68 Å². The Balaban J connectivity index is 2.06. The molecule has 2 aromatic rings. The molecule has 2 heterocycles. The summed E-state index contributed by atoms with van der Waals surface area (Å²) in [4.78, 5) is 24.8. The fraction of sp³-hybridized carbons (Fsp3) is 0.267. The summed E-state index contributed by atoms with van der Waals surface area (Å²) in [7, 11) is 0. The monoisotopic (exact) mass is 269 g/mol. The van der Waals surface area contributed by atoms with Gasteiger partial charge in [0.15, 0.2) is 5.78 Å². The number of amides is 1. The first-order valence-electron chi connectivity index (χ1n) is 6.50. The molecule has 1 saturated heterocycles. The zero-order valence-corrected chi connectivity index (χ0v) is 11.5. The van der Waals surface area contributed by atoms with Gasteiger partial charge in [0, 0.05) is 6.07 Å². The molecule has 0 N–H and O–H groups in total. The number of aryl methyl sites for hydroxylation is 2. The van der Waals surface area contributed by atoms with Gasteiger partial charge >= 0.3 is 0 Å². The van der Waals surface area contributed by atoms with Crippen LogP contribution in [0.25, 0.3) is 5.69 Å². The van der Waals surface area contributed by atoms with Crippen LogP contribution in [0.2, 0.25) is 0 Å². The summed E-state index contributed by atoms with van der Waals surface area (Å²) < 4.78 is 1.71. The van der Waals surface area contributed by atoms with Gasteiger partial charge in [0.1, 0.15) is 5.82 Å². The van der Waals surface area contributed by atoms with Crippen LogP contribution in [0.1, 0.15) is 17.7 Å². The molecule has 1 aliphatic rings. The predicted molar refractivity (Wildman–Crippen MR) is 75.0 cm³/mol. The molecule has 102 valence electrons. The third-order valence-corrected chi connectivity index (χ3v) is 3.35. The maximum Gasteiger partial charge on any atom is 0.236 e. The van der Waals surface area contributed by atoms with Crippen molar-refractivity contribution in [2.75, 3.05) is 11.4 Å². The lowest BCUT2D eigenvalue weighted by Crippen LogP contribution is -2.27. The van der Waals surface area contributed by atoms with Gasteiger partial charge < -0.3 is 0 Å². The van der Waals surface area contributed by atoms with E-state index in [9.17, 15) is 9.59 Å². The largest absolute Gasteiger partial charge is 0.297 e. The Hall–Kier alpha value is -2.43. The van der Waals surface area contributed by atoms with E-state index in [0.29, 0.717) is 5.82 Å². The second-order valence-electron chi connectivity index (χ2n) is 5.09. The predicted octanol–water partition coefficient (Wildman–Crippen LogP) is 1.79. The lowest BCUT2D eigenvalue weighted by Gasteiger charge is -2.16. The molecule has 0 bridgehead atoms. The quantitative estimate of drug-likeness (QED) is 0.781. The highest BCUT2D eigenvalue weighted by atomic mass is 16.2. The Morgan fingerprint density at radius 1 is 1.10 bits per heavy atom. The van der Waals surface area contributed by atoms with E-state index in [2.05, 4.69) is 5.10 Å². The van der Waals surface area contributed by atoms with Crippen LogP contribution in [0.4, 0.5) is 5.82 Å². The Labute approximate surface area is 116 Å². The van der Waals surface area contributed by atoms with Crippen molar-refractivity contribution in [1.82, 2.24) is 9.78 Å². The molecular formula is C15H15N3O2. The summed E-state index contributed by atoms with van der Waals surface area (Å²) >= 11 is 0. The average molecular weight is 269 g/mol. The molecule has 0 atom stereocenters. The summed E-state index contributed by atoms with van der Waals surface area (Å²) in [5.41, 5.74) is 2.85. The molecule has 1 aromatic carbocycles. The van der Waals surface area contributed by atoms with Crippen LogP contribution in [0.3, 0.4) is 0 Å². The van der Waals surface area contributed by atoms with Crippen LogP contribution in [0.5, 0.6) is 0 Å². The lowest BCUT2D eigenvalue weighted by molar-refractivity contribution is -0.121. The highest BCUT2D eigenvalue weighted by molar-refractivity contribution is 6.14. The number of benzene rings is 1. The average Bonchev–Trinajstić information content (AvgIpc) is 2.93. The van der Waals surface area contributed by atoms with Crippen LogP contribution < -0.4 is 4.90 Å². The van der Waals surface area contributed by atoms with Crippen molar-refractivity contribution in [3.05, 3.63) is 41.6 Å². The molecular weight excluding hydrogens is 254 g/mol. The number of aromatic nitrogens is 2. The molecule has 3 rings (SSSR count). The Bertz CT molecular complexity index is 686. The standard InChI is InChI=1S/C15H15N3O2/c1-10-3-5-12(6-4-10)18-14(7-11(2)16-18)17-9-13(19)8-15(17)20/h3-7H,8-9H2,1-2H3. The van der Waals surface area contributed by atoms with Crippen LogP contribution in [0, 0.1) is 13.8 Å². The van der Waals surface area contributed by atoms with E-state index in [1.807, 2.05) is 44.2 Å². The van der Waals surface area contributed by atoms with Crippen molar-refractivity contribution in [2.24, 2.45) is 0 Å². The molecule has 0 spiro atoms. The van der Waals surface area contributed by atoms with E-state index in [0.717, 1.165) is 16.9 Å². The number of rotatable bonds is 2. The summed E-state index contributed by atoms with van der Waals surface area (Å²) in [6, 6.07) is 9.72. The molecule has 0 unspecified atom stereocenters. The van der Waals surface area contributed by atoms with Gasteiger partial charge in [0.2, 0.25) is 5.91 Å². The Kier molecular flexibility index (Phi) is 2.89. The van der Waals surface area contributed by atoms with Crippen molar-refractivity contribution >= 4 is 17.5 Å². The normalized spacial score (nSPS) is 15.2. The number of hydrogen-bond acceptors (Lipinski definition) is 3. The molecule has 5 nitrogen and oxygen atoms in total. The minimum Gasteiger partial charge on any atom is -0.297 e. The topological polar surface area (TPSA) is 55.2 Å². The molecule has 0 aliphatic carbocycles. The summed E-state index contributed by atoms with van der Waals surface area (Å²) in [5.74, 6) is 0.440. The van der Waals surface area contributed by atoms with Crippen molar-refractivity contribution < 1.29 is 9.59 Å². The number of carbonyl (C=O) groups excluding carboxylic acids is 2. The van der Waals surface area contributed by atoms with E-state index in [4.69, 9.17) is 0 Å². The molecule has 1 fully saturated rings. The van der Waals surface area contributed by atoms with Crippen LogP contribution in [-0.4, -0.2) is 28.0 Å². The Morgan fingerprint density at radius 2 is 1.80 bits per heavy atom. The zero-order chi connectivity index (χ0) is 14.3. The summed E-state index contributed by atoms with van der Waals surface area (Å²) in [6.45, 7) is 4.02. The van der Waals surface area contributed by atoms with Gasteiger partial charge in [-0.05, 0) is 26.0 Å². The van der Waals surface area contributed by atoms with Gasteiger partial charge in [-0.25, -0.2) is 4.68 Å². The van der Waals surface area contributed by atoms with Gasteiger partial charge in [-0.3, -0.25) is 14.5 Å². The first-order chi connectivity index (χ1) is 9.54. The molecule has 1 amide bonds. The third-order valence-electron chi connectivity index (χ3n) is 3.35. The maximum absolute atomic E-state index is 11.9. The maximum atomic E-state index is 11.9. The van der Waals surface area contributed by atoms with Gasteiger partial charge in [-0.1, -0.05) is 17.7 Å². The molecule has 1 aromatic heterocycles. The highest BCUT2D eigenvalue weighted by Gasteiger charge is 2.31. The number of anilines is 1. The van der Waals surface area contributed by atoms with E-state index >= 15 is 0 Å². The number of ketones is 1. The first kappa shape index (κ1) is 12.6. The number of carbonyl (C=O) groups is 2. The SMILES string of the molecule is Cc1ccc(-n2nc(C)cc2N2CC(=O)CC2=O)cc1. The summed E-state index contributed by atoms with van der Waals surface area (Å²) in [5, 5.41) is 4.43. The zero-order valence-electron chi connectivity index (χ0n) is 11.5. The van der Waals surface area contributed by atoms with E-state index in [-0.39, 0.29) is 24.7 Å². The number of nitrogens with zero attached hydrogens (tertiary/aromatic N) is 3. The lowest BCUT2D eigenvalue weighted by atomic mass is 10.2. The smallest absolute Gasteiger partial charge is 0.236 e. The highest BCUT2D eigenvalue weighted by Crippen LogP contribution is 2.24. The minimum atomic E-state index is -0.164. The second-order valence-corrected chi connectivity index (χ2v) is 5.09. The van der Waals surface area contributed by atoms with Gasteiger partial charge in [-0.15, -0.1) is 0 Å². The number of hydrogen-bond donors (Lipinski definition) is 0.